The predicted octanol–water partition coefficient (Wildman–Crippen LogP) is 2.89. The molecule has 76 valence electrons. The Morgan fingerprint density at radius 2 is 1.87 bits per heavy atom. The van der Waals surface area contributed by atoms with Crippen LogP contribution in [0.25, 0.3) is 11.1 Å². The zero-order valence-corrected chi connectivity index (χ0v) is 8.78. The van der Waals surface area contributed by atoms with Gasteiger partial charge in [-0.15, -0.1) is 0 Å². The van der Waals surface area contributed by atoms with Gasteiger partial charge in [0, 0.05) is 17.3 Å². The van der Waals surface area contributed by atoms with Crippen molar-refractivity contribution in [3.8, 4) is 11.1 Å². The van der Waals surface area contributed by atoms with Gasteiger partial charge >= 0.3 is 0 Å². The maximum atomic E-state index is 9.07. The van der Waals surface area contributed by atoms with Gasteiger partial charge in [-0.1, -0.05) is 41.9 Å². The average Bonchev–Trinajstić information content (AvgIpc) is 2.31. The minimum absolute atomic E-state index is 0.0908. The van der Waals surface area contributed by atoms with E-state index < -0.39 is 0 Å². The van der Waals surface area contributed by atoms with Crippen molar-refractivity contribution in [2.45, 2.75) is 6.61 Å². The van der Waals surface area contributed by atoms with Gasteiger partial charge in [0.15, 0.2) is 0 Å². The summed E-state index contributed by atoms with van der Waals surface area (Å²) in [5, 5.41) is 9.42. The van der Waals surface area contributed by atoms with E-state index in [9.17, 15) is 0 Å². The van der Waals surface area contributed by atoms with E-state index in [-0.39, 0.29) is 6.61 Å². The Balaban J connectivity index is 2.46. The second-order valence-corrected chi connectivity index (χ2v) is 3.56. The quantitative estimate of drug-likeness (QED) is 0.788. The molecule has 1 N–H and O–H groups in total. The lowest BCUT2D eigenvalue weighted by Crippen LogP contribution is -1.89. The van der Waals surface area contributed by atoms with E-state index in [2.05, 4.69) is 4.98 Å². The van der Waals surface area contributed by atoms with Crippen molar-refractivity contribution in [3.05, 3.63) is 53.3 Å². The standard InChI is InChI=1S/C12H10ClNO/c13-12-11(8-15)6-10(7-14-12)9-4-2-1-3-5-9/h1-7,15H,8H2. The number of hydrogen-bond donors (Lipinski definition) is 1. The first-order valence-corrected chi connectivity index (χ1v) is 5.00. The minimum atomic E-state index is -0.0908. The van der Waals surface area contributed by atoms with Crippen LogP contribution in [-0.2, 0) is 6.61 Å². The largest absolute Gasteiger partial charge is 0.392 e. The molecule has 0 atom stereocenters. The van der Waals surface area contributed by atoms with Crippen LogP contribution in [0, 0.1) is 0 Å². The highest BCUT2D eigenvalue weighted by atomic mass is 35.5. The number of aromatic nitrogens is 1. The van der Waals surface area contributed by atoms with Gasteiger partial charge in [0.2, 0.25) is 0 Å². The van der Waals surface area contributed by atoms with Crippen LogP contribution in [-0.4, -0.2) is 10.1 Å². The molecule has 0 radical (unpaired) electrons. The molecule has 1 heterocycles. The molecule has 1 aromatic carbocycles. The van der Waals surface area contributed by atoms with Crippen LogP contribution in [0.3, 0.4) is 0 Å². The molecule has 15 heavy (non-hydrogen) atoms. The van der Waals surface area contributed by atoms with Crippen molar-refractivity contribution < 1.29 is 5.11 Å². The molecular weight excluding hydrogens is 210 g/mol. The van der Waals surface area contributed by atoms with Gasteiger partial charge in [0.25, 0.3) is 0 Å². The van der Waals surface area contributed by atoms with Gasteiger partial charge in [-0.25, -0.2) is 4.98 Å². The molecule has 2 aromatic rings. The fraction of sp³-hybridized carbons (Fsp3) is 0.0833. The zero-order valence-electron chi connectivity index (χ0n) is 8.02. The molecule has 0 aliphatic carbocycles. The molecule has 0 fully saturated rings. The van der Waals surface area contributed by atoms with Crippen LogP contribution in [0.5, 0.6) is 0 Å². The highest BCUT2D eigenvalue weighted by Gasteiger charge is 2.03. The zero-order chi connectivity index (χ0) is 10.7. The summed E-state index contributed by atoms with van der Waals surface area (Å²) >= 11 is 5.81. The Bertz CT molecular complexity index is 456. The maximum absolute atomic E-state index is 9.07. The number of rotatable bonds is 2. The second kappa shape index (κ2) is 4.43. The molecule has 0 amide bonds. The van der Waals surface area contributed by atoms with Crippen molar-refractivity contribution in [1.29, 1.82) is 0 Å². The first-order chi connectivity index (χ1) is 7.31. The Kier molecular flexibility index (Phi) is 2.99. The molecule has 0 aliphatic rings. The number of benzene rings is 1. The Hall–Kier alpha value is -1.38. The number of aliphatic hydroxyl groups is 1. The number of hydrogen-bond acceptors (Lipinski definition) is 2. The third-order valence-corrected chi connectivity index (χ3v) is 2.53. The monoisotopic (exact) mass is 219 g/mol. The van der Waals surface area contributed by atoms with E-state index >= 15 is 0 Å². The Labute approximate surface area is 93.2 Å². The van der Waals surface area contributed by atoms with Gasteiger partial charge in [-0.3, -0.25) is 0 Å². The van der Waals surface area contributed by atoms with Gasteiger partial charge in [0.1, 0.15) is 5.15 Å². The summed E-state index contributed by atoms with van der Waals surface area (Å²) in [7, 11) is 0. The van der Waals surface area contributed by atoms with Crippen LogP contribution in [0.2, 0.25) is 5.15 Å². The lowest BCUT2D eigenvalue weighted by atomic mass is 10.1. The highest BCUT2D eigenvalue weighted by Crippen LogP contribution is 2.22. The summed E-state index contributed by atoms with van der Waals surface area (Å²) in [6.45, 7) is -0.0908. The van der Waals surface area contributed by atoms with Crippen molar-refractivity contribution in [1.82, 2.24) is 4.98 Å². The van der Waals surface area contributed by atoms with E-state index in [0.29, 0.717) is 10.7 Å². The summed E-state index contributed by atoms with van der Waals surface area (Å²) in [4.78, 5) is 4.03. The van der Waals surface area contributed by atoms with Crippen molar-refractivity contribution in [3.63, 3.8) is 0 Å². The predicted molar refractivity (Wildman–Crippen MR) is 60.6 cm³/mol. The van der Waals surface area contributed by atoms with Gasteiger partial charge in [-0.2, -0.15) is 0 Å². The minimum Gasteiger partial charge on any atom is -0.392 e. The molecule has 0 bridgehead atoms. The summed E-state index contributed by atoms with van der Waals surface area (Å²) in [5.41, 5.74) is 2.68. The van der Waals surface area contributed by atoms with Gasteiger partial charge < -0.3 is 5.11 Å². The molecule has 0 spiro atoms. The molecule has 0 aliphatic heterocycles. The summed E-state index contributed by atoms with van der Waals surface area (Å²) < 4.78 is 0. The highest BCUT2D eigenvalue weighted by molar-refractivity contribution is 6.30. The number of pyridine rings is 1. The molecule has 0 unspecified atom stereocenters. The van der Waals surface area contributed by atoms with Crippen LogP contribution < -0.4 is 0 Å². The van der Waals surface area contributed by atoms with Crippen LogP contribution in [0.1, 0.15) is 5.56 Å². The average molecular weight is 220 g/mol. The molecule has 1 aromatic heterocycles. The van der Waals surface area contributed by atoms with Crippen LogP contribution in [0.15, 0.2) is 42.6 Å². The van der Waals surface area contributed by atoms with E-state index in [0.717, 1.165) is 11.1 Å². The molecular formula is C12H10ClNO. The Morgan fingerprint density at radius 1 is 1.13 bits per heavy atom. The summed E-state index contributed by atoms with van der Waals surface area (Å²) in [6.07, 6.45) is 1.71. The van der Waals surface area contributed by atoms with E-state index in [4.69, 9.17) is 16.7 Å². The normalized spacial score (nSPS) is 10.3. The molecule has 0 saturated carbocycles. The first-order valence-electron chi connectivity index (χ1n) is 4.62. The number of halogens is 1. The lowest BCUT2D eigenvalue weighted by Gasteiger charge is -2.04. The van der Waals surface area contributed by atoms with Gasteiger partial charge in [0.05, 0.1) is 6.61 Å². The van der Waals surface area contributed by atoms with Crippen LogP contribution in [0.4, 0.5) is 0 Å². The van der Waals surface area contributed by atoms with Crippen molar-refractivity contribution in [2.24, 2.45) is 0 Å². The molecule has 3 heteroatoms. The topological polar surface area (TPSA) is 33.1 Å². The third-order valence-electron chi connectivity index (χ3n) is 2.19. The lowest BCUT2D eigenvalue weighted by molar-refractivity contribution is 0.281. The van der Waals surface area contributed by atoms with Crippen molar-refractivity contribution in [2.75, 3.05) is 0 Å². The number of aliphatic hydroxyl groups excluding tert-OH is 1. The fourth-order valence-electron chi connectivity index (χ4n) is 1.39. The van der Waals surface area contributed by atoms with Crippen molar-refractivity contribution >= 4 is 11.6 Å². The number of nitrogens with zero attached hydrogens (tertiary/aromatic N) is 1. The smallest absolute Gasteiger partial charge is 0.134 e. The molecule has 2 nitrogen and oxygen atoms in total. The first kappa shape index (κ1) is 10.1. The van der Waals surface area contributed by atoms with E-state index in [1.165, 1.54) is 0 Å². The van der Waals surface area contributed by atoms with E-state index in [1.54, 1.807) is 6.20 Å². The van der Waals surface area contributed by atoms with Crippen LogP contribution >= 0.6 is 11.6 Å². The Morgan fingerprint density at radius 3 is 2.53 bits per heavy atom. The summed E-state index contributed by atoms with van der Waals surface area (Å²) in [5.74, 6) is 0. The fourth-order valence-corrected chi connectivity index (χ4v) is 1.56. The SMILES string of the molecule is OCc1cc(-c2ccccc2)cnc1Cl. The summed E-state index contributed by atoms with van der Waals surface area (Å²) in [6, 6.07) is 11.7. The van der Waals surface area contributed by atoms with Gasteiger partial charge in [-0.05, 0) is 11.6 Å². The maximum Gasteiger partial charge on any atom is 0.134 e. The second-order valence-electron chi connectivity index (χ2n) is 3.20. The molecule has 2 rings (SSSR count). The third kappa shape index (κ3) is 2.17. The van der Waals surface area contributed by atoms with E-state index in [1.807, 2.05) is 36.4 Å². The molecule has 0 saturated heterocycles.